The number of hydrogen-bond donors (Lipinski definition) is 4. The fraction of sp³-hybridized carbons (Fsp3) is 0.362. The van der Waals surface area contributed by atoms with Gasteiger partial charge in [0.25, 0.3) is 23.1 Å². The molecule has 6 rings (SSSR count). The Labute approximate surface area is 592 Å². The molecule has 5 N–H and O–H groups in total. The second-order valence-corrected chi connectivity index (χ2v) is 33.6. The molecule has 0 bridgehead atoms. The van der Waals surface area contributed by atoms with Gasteiger partial charge in [-0.05, 0) is 163 Å². The van der Waals surface area contributed by atoms with Crippen LogP contribution in [0.15, 0.2) is 127 Å². The van der Waals surface area contributed by atoms with Crippen LogP contribution in [0.25, 0.3) is 0 Å². The molecule has 0 amide bonds. The Morgan fingerprint density at radius 3 is 1.24 bits per heavy atom. The van der Waals surface area contributed by atoms with Gasteiger partial charge < -0.3 is 41.9 Å². The van der Waals surface area contributed by atoms with Crippen molar-refractivity contribution in [2.75, 3.05) is 0 Å². The van der Waals surface area contributed by atoms with Crippen molar-refractivity contribution in [3.05, 3.63) is 191 Å². The number of halogens is 7. The minimum Gasteiger partial charge on any atom is -1.00 e. The molecular formula is C58H76BrCl6K2N3O6Si2. The van der Waals surface area contributed by atoms with E-state index in [1.165, 1.54) is 11.1 Å². The van der Waals surface area contributed by atoms with Gasteiger partial charge in [0.1, 0.15) is 17.2 Å². The SMILES string of the molecule is CC(C)(C)[Si](C)(C)Oc1cc(CBr)ccc1Cl.C[C@@H](N)c1cccc(Cl)c1.C[C@@H](NCc1ccc(Cl)c(O)c1)c1cccc(Cl)c1.C[C@@H](NCc1ccc(Cl)c(O[Si](C)(C)C(C)(C)C)c1)c1cccc(Cl)c1.O=CO[O-].[H-].[K+].[K+]. The first-order chi connectivity index (χ1) is 35.3. The summed E-state index contributed by atoms with van der Waals surface area (Å²) in [5, 5.41) is 30.0. The van der Waals surface area contributed by atoms with E-state index in [0.717, 1.165) is 60.7 Å². The molecule has 0 spiro atoms. The molecule has 0 aromatic heterocycles. The van der Waals surface area contributed by atoms with E-state index in [-0.39, 0.29) is 145 Å². The summed E-state index contributed by atoms with van der Waals surface area (Å²) in [5.41, 5.74) is 12.3. The van der Waals surface area contributed by atoms with E-state index in [9.17, 15) is 5.11 Å². The van der Waals surface area contributed by atoms with Crippen LogP contribution in [0.1, 0.15) is 115 Å². The molecule has 0 unspecified atom stereocenters. The Morgan fingerprint density at radius 2 is 0.923 bits per heavy atom. The molecule has 6 aromatic rings. The molecule has 418 valence electrons. The zero-order valence-electron chi connectivity index (χ0n) is 48.8. The number of benzene rings is 6. The second kappa shape index (κ2) is 38.1. The molecule has 78 heavy (non-hydrogen) atoms. The van der Waals surface area contributed by atoms with Gasteiger partial charge in [0.2, 0.25) is 0 Å². The molecular weight excluding hydrogens is 1260 g/mol. The van der Waals surface area contributed by atoms with Crippen molar-refractivity contribution in [1.82, 2.24) is 10.6 Å². The molecule has 9 nitrogen and oxygen atoms in total. The van der Waals surface area contributed by atoms with Crippen LogP contribution in [0.4, 0.5) is 0 Å². The Hall–Kier alpha value is -0.0435. The number of aromatic hydroxyl groups is 1. The van der Waals surface area contributed by atoms with Gasteiger partial charge in [-0.25, -0.2) is 0 Å². The van der Waals surface area contributed by atoms with Crippen molar-refractivity contribution < 1.29 is 133 Å². The minimum atomic E-state index is -1.92. The molecule has 0 saturated heterocycles. The Kier molecular flexibility index (Phi) is 38.1. The third-order valence-corrected chi connectivity index (χ3v) is 23.8. The van der Waals surface area contributed by atoms with Crippen molar-refractivity contribution in [3.8, 4) is 17.2 Å². The zero-order chi connectivity index (χ0) is 57.6. The Balaban J connectivity index is 0. The maximum Gasteiger partial charge on any atom is 1.00 e. The average Bonchev–Trinajstić information content (AvgIpc) is 3.35. The number of phenolic OH excluding ortho intramolecular Hbond substituents is 1. The molecule has 6 aromatic carbocycles. The summed E-state index contributed by atoms with van der Waals surface area (Å²) >= 11 is 39.6. The predicted molar refractivity (Wildman–Crippen MR) is 330 cm³/mol. The molecule has 3 atom stereocenters. The number of nitrogens with two attached hydrogens (primary N) is 1. The summed E-state index contributed by atoms with van der Waals surface area (Å²) in [4.78, 5) is 11.2. The largest absolute Gasteiger partial charge is 1.00 e. The van der Waals surface area contributed by atoms with Crippen LogP contribution in [-0.2, 0) is 28.1 Å². The smallest absolute Gasteiger partial charge is 1.00 e. The number of carbonyl (C=O) groups is 1. The molecule has 0 aliphatic carbocycles. The van der Waals surface area contributed by atoms with Gasteiger partial charge in [0, 0.05) is 51.6 Å². The summed E-state index contributed by atoms with van der Waals surface area (Å²) in [6.45, 7) is 29.6. The van der Waals surface area contributed by atoms with E-state index < -0.39 is 16.6 Å². The first-order valence-electron chi connectivity index (χ1n) is 24.5. The summed E-state index contributed by atoms with van der Waals surface area (Å²) < 4.78 is 12.6. The number of alkyl halides is 1. The van der Waals surface area contributed by atoms with Crippen LogP contribution in [0.3, 0.4) is 0 Å². The van der Waals surface area contributed by atoms with Crippen LogP contribution in [0, 0.1) is 0 Å². The molecule has 0 fully saturated rings. The van der Waals surface area contributed by atoms with Crippen molar-refractivity contribution in [1.29, 1.82) is 0 Å². The van der Waals surface area contributed by atoms with Crippen LogP contribution in [0.2, 0.25) is 66.4 Å². The van der Waals surface area contributed by atoms with Crippen LogP contribution >= 0.6 is 85.5 Å². The first kappa shape index (κ1) is 78.0. The molecule has 0 radical (unpaired) electrons. The summed E-state index contributed by atoms with van der Waals surface area (Å²) in [7, 11) is -3.74. The quantitative estimate of drug-likeness (QED) is 0.0260. The van der Waals surface area contributed by atoms with Crippen molar-refractivity contribution in [2.45, 2.75) is 135 Å². The summed E-state index contributed by atoms with van der Waals surface area (Å²) in [6, 6.07) is 41.0. The third kappa shape index (κ3) is 28.7. The zero-order valence-corrected chi connectivity index (χ0v) is 62.1. The maximum absolute atomic E-state index is 9.54. The number of phenols is 1. The van der Waals surface area contributed by atoms with Gasteiger partial charge in [-0.2, -0.15) is 0 Å². The third-order valence-electron chi connectivity index (χ3n) is 12.8. The summed E-state index contributed by atoms with van der Waals surface area (Å²) in [5.74, 6) is 1.71. The van der Waals surface area contributed by atoms with Gasteiger partial charge in [0.15, 0.2) is 0 Å². The standard InChI is InChI=1S/C21H29Cl2NOSi.C15H15Cl2NO.C13H20BrClOSi.C8H10ClN.CH2O3.2K.H/c1-15(17-8-7-9-18(22)13-17)24-14-16-10-11-19(23)20(12-16)25-26(5,6)21(2,3)4;1-10(12-3-2-4-13(16)8-12)18-9-11-5-6-14(17)15(19)7-11;1-13(2,3)17(4,5)16-12-8-10(9-14)6-7-11(12)15;1-6(10)7-3-2-4-8(9)5-7;2-1-4-3;;;/h7-13,15,24H,14H2,1-6H3;2-8,10,18-19H,9H2,1H3;6-8H,9H2,1-5H3;2-6H,10H2,1H3;1,3H;;;/q;;;;;2*+1;-1/p-1/t15-;10-;;6-;;;;/m11.1..../s1. The van der Waals surface area contributed by atoms with E-state index >= 15 is 0 Å². The summed E-state index contributed by atoms with van der Waals surface area (Å²) in [6.07, 6.45) is 0. The Morgan fingerprint density at radius 1 is 0.590 bits per heavy atom. The first-order valence-corrected chi connectivity index (χ1v) is 33.7. The Bertz CT molecular complexity index is 2750. The molecule has 0 aliphatic rings. The van der Waals surface area contributed by atoms with Crippen molar-refractivity contribution in [2.24, 2.45) is 5.73 Å². The topological polar surface area (TPSA) is 138 Å². The van der Waals surface area contributed by atoms with E-state index in [2.05, 4.69) is 125 Å². The van der Waals surface area contributed by atoms with Crippen LogP contribution in [-0.4, -0.2) is 28.2 Å². The minimum absolute atomic E-state index is 0. The number of nitrogens with one attached hydrogen (secondary N) is 2. The number of hydrogen-bond acceptors (Lipinski definition) is 9. The van der Waals surface area contributed by atoms with E-state index in [4.69, 9.17) is 94.2 Å². The van der Waals surface area contributed by atoms with Crippen LogP contribution in [0.5, 0.6) is 17.2 Å². The van der Waals surface area contributed by atoms with Crippen molar-refractivity contribution >= 4 is 109 Å². The average molecular weight is 1340 g/mol. The number of rotatable bonds is 15. The fourth-order valence-corrected chi connectivity index (χ4v) is 9.64. The molecule has 0 aliphatic heterocycles. The van der Waals surface area contributed by atoms with E-state index in [1.807, 2.05) is 110 Å². The van der Waals surface area contributed by atoms with Crippen LogP contribution < -0.4 is 133 Å². The molecule has 0 heterocycles. The second-order valence-electron chi connectivity index (χ2n) is 21.0. The molecule has 20 heteroatoms. The fourth-order valence-electron chi connectivity index (χ4n) is 6.09. The van der Waals surface area contributed by atoms with Gasteiger partial charge in [-0.3, -0.25) is 4.79 Å². The normalized spacial score (nSPS) is 12.2. The van der Waals surface area contributed by atoms with E-state index in [0.29, 0.717) is 21.6 Å². The van der Waals surface area contributed by atoms with Gasteiger partial charge in [-0.1, -0.05) is 182 Å². The maximum atomic E-state index is 9.54. The van der Waals surface area contributed by atoms with Gasteiger partial charge in [0.05, 0.1) is 15.1 Å². The van der Waals surface area contributed by atoms with E-state index in [1.54, 1.807) is 12.1 Å². The van der Waals surface area contributed by atoms with Gasteiger partial charge >= 0.3 is 103 Å². The number of carbonyl (C=O) groups excluding carboxylic acids is 1. The van der Waals surface area contributed by atoms with Crippen molar-refractivity contribution in [3.63, 3.8) is 0 Å². The van der Waals surface area contributed by atoms with Gasteiger partial charge in [-0.15, -0.1) is 0 Å². The monoisotopic (exact) mass is 1330 g/mol. The predicted octanol–water partition coefficient (Wildman–Crippen LogP) is 12.3. The molecule has 0 saturated carbocycles.